The Morgan fingerprint density at radius 2 is 2.17 bits per heavy atom. The van der Waals surface area contributed by atoms with Gasteiger partial charge in [0.05, 0.1) is 0 Å². The van der Waals surface area contributed by atoms with E-state index < -0.39 is 6.10 Å². The Kier molecular flexibility index (Phi) is 4.53. The normalized spacial score (nSPS) is 20.4. The van der Waals surface area contributed by atoms with E-state index in [2.05, 4.69) is 17.5 Å². The fourth-order valence-electron chi connectivity index (χ4n) is 2.21. The van der Waals surface area contributed by atoms with Gasteiger partial charge in [-0.05, 0) is 24.8 Å². The van der Waals surface area contributed by atoms with E-state index in [-0.39, 0.29) is 11.9 Å². The summed E-state index contributed by atoms with van der Waals surface area (Å²) in [5.74, 6) is -0.0692. The highest BCUT2D eigenvalue weighted by Crippen LogP contribution is 2.18. The molecule has 0 spiro atoms. The minimum atomic E-state index is -0.526. The van der Waals surface area contributed by atoms with Crippen molar-refractivity contribution in [3.63, 3.8) is 0 Å². The minimum absolute atomic E-state index is 0.0692. The first-order valence-electron chi connectivity index (χ1n) is 6.36. The molecule has 1 aromatic rings. The zero-order valence-electron chi connectivity index (χ0n) is 10.6. The SMILES string of the molecule is CO[C@H](C(=O)N[C@@H]1C=CCCC1)c1ccccc1. The van der Waals surface area contributed by atoms with Gasteiger partial charge < -0.3 is 10.1 Å². The Morgan fingerprint density at radius 3 is 2.78 bits per heavy atom. The average Bonchev–Trinajstić information content (AvgIpc) is 2.42. The Bertz CT molecular complexity index is 414. The lowest BCUT2D eigenvalue weighted by Gasteiger charge is -2.21. The van der Waals surface area contributed by atoms with Crippen molar-refractivity contribution in [2.45, 2.75) is 31.4 Å². The van der Waals surface area contributed by atoms with Crippen molar-refractivity contribution in [1.29, 1.82) is 0 Å². The molecule has 1 aliphatic carbocycles. The third-order valence-corrected chi connectivity index (χ3v) is 3.16. The maximum atomic E-state index is 12.2. The highest BCUT2D eigenvalue weighted by Gasteiger charge is 2.22. The van der Waals surface area contributed by atoms with E-state index in [9.17, 15) is 4.79 Å². The van der Waals surface area contributed by atoms with Crippen molar-refractivity contribution in [2.75, 3.05) is 7.11 Å². The second-order valence-electron chi connectivity index (χ2n) is 4.50. The first-order chi connectivity index (χ1) is 8.81. The summed E-state index contributed by atoms with van der Waals surface area (Å²) in [5.41, 5.74) is 0.886. The summed E-state index contributed by atoms with van der Waals surface area (Å²) in [6.45, 7) is 0. The number of nitrogens with one attached hydrogen (secondary N) is 1. The van der Waals surface area contributed by atoms with Gasteiger partial charge in [0.25, 0.3) is 5.91 Å². The van der Waals surface area contributed by atoms with Crippen molar-refractivity contribution < 1.29 is 9.53 Å². The van der Waals surface area contributed by atoms with Crippen LogP contribution in [0.2, 0.25) is 0 Å². The summed E-state index contributed by atoms with van der Waals surface area (Å²) in [5, 5.41) is 3.02. The summed E-state index contributed by atoms with van der Waals surface area (Å²) in [7, 11) is 1.56. The van der Waals surface area contributed by atoms with Crippen LogP contribution in [0.4, 0.5) is 0 Å². The van der Waals surface area contributed by atoms with Gasteiger partial charge in [0, 0.05) is 13.2 Å². The van der Waals surface area contributed by atoms with Gasteiger partial charge in [0.15, 0.2) is 6.10 Å². The molecule has 96 valence electrons. The van der Waals surface area contributed by atoms with E-state index in [1.54, 1.807) is 7.11 Å². The fraction of sp³-hybridized carbons (Fsp3) is 0.400. The van der Waals surface area contributed by atoms with Gasteiger partial charge in [0.1, 0.15) is 0 Å². The van der Waals surface area contributed by atoms with Gasteiger partial charge >= 0.3 is 0 Å². The number of allylic oxidation sites excluding steroid dienone is 1. The van der Waals surface area contributed by atoms with E-state index in [4.69, 9.17) is 4.74 Å². The van der Waals surface area contributed by atoms with Gasteiger partial charge in [-0.15, -0.1) is 0 Å². The topological polar surface area (TPSA) is 38.3 Å². The first-order valence-corrected chi connectivity index (χ1v) is 6.36. The largest absolute Gasteiger partial charge is 0.367 e. The molecule has 1 N–H and O–H groups in total. The van der Waals surface area contributed by atoms with Crippen LogP contribution in [0.3, 0.4) is 0 Å². The number of amides is 1. The second kappa shape index (κ2) is 6.36. The van der Waals surface area contributed by atoms with Crippen molar-refractivity contribution in [1.82, 2.24) is 5.32 Å². The standard InChI is InChI=1S/C15H19NO2/c1-18-14(12-8-4-2-5-9-12)15(17)16-13-10-6-3-7-11-13/h2,4-6,8-10,13-14H,3,7,11H2,1H3,(H,16,17)/t13-,14+/m1/s1. The molecule has 0 fully saturated rings. The third kappa shape index (κ3) is 3.20. The first kappa shape index (κ1) is 12.8. The number of ether oxygens (including phenoxy) is 1. The molecule has 0 heterocycles. The average molecular weight is 245 g/mol. The predicted octanol–water partition coefficient (Wildman–Crippen LogP) is 2.60. The molecule has 3 nitrogen and oxygen atoms in total. The van der Waals surface area contributed by atoms with Crippen LogP contribution in [-0.4, -0.2) is 19.1 Å². The van der Waals surface area contributed by atoms with Crippen molar-refractivity contribution in [3.8, 4) is 0 Å². The highest BCUT2D eigenvalue weighted by molar-refractivity contribution is 5.82. The van der Waals surface area contributed by atoms with Crippen molar-refractivity contribution in [2.24, 2.45) is 0 Å². The van der Waals surface area contributed by atoms with E-state index in [0.717, 1.165) is 24.8 Å². The molecule has 0 aromatic heterocycles. The molecule has 2 rings (SSSR count). The summed E-state index contributed by atoms with van der Waals surface area (Å²) in [6, 6.07) is 9.71. The van der Waals surface area contributed by atoms with Gasteiger partial charge in [-0.25, -0.2) is 0 Å². The van der Waals surface area contributed by atoms with Crippen LogP contribution in [0.25, 0.3) is 0 Å². The Morgan fingerprint density at radius 1 is 1.39 bits per heavy atom. The summed E-state index contributed by atoms with van der Waals surface area (Å²) >= 11 is 0. The Balaban J connectivity index is 2.02. The molecule has 0 aliphatic heterocycles. The Hall–Kier alpha value is -1.61. The smallest absolute Gasteiger partial charge is 0.254 e. The lowest BCUT2D eigenvalue weighted by Crippen LogP contribution is -2.38. The van der Waals surface area contributed by atoms with Crippen LogP contribution in [0.15, 0.2) is 42.5 Å². The number of carbonyl (C=O) groups is 1. The molecule has 2 atom stereocenters. The number of rotatable bonds is 4. The molecule has 0 saturated heterocycles. The van der Waals surface area contributed by atoms with E-state index >= 15 is 0 Å². The highest BCUT2D eigenvalue weighted by atomic mass is 16.5. The van der Waals surface area contributed by atoms with Crippen LogP contribution in [0, 0.1) is 0 Å². The quantitative estimate of drug-likeness (QED) is 0.828. The van der Waals surface area contributed by atoms with Gasteiger partial charge in [0.2, 0.25) is 0 Å². The summed E-state index contributed by atoms with van der Waals surface area (Å²) in [4.78, 5) is 12.2. The molecule has 1 aromatic carbocycles. The molecule has 3 heteroatoms. The summed E-state index contributed by atoms with van der Waals surface area (Å²) < 4.78 is 5.30. The zero-order chi connectivity index (χ0) is 12.8. The van der Waals surface area contributed by atoms with Crippen molar-refractivity contribution in [3.05, 3.63) is 48.0 Å². The Labute approximate surface area is 108 Å². The lowest BCUT2D eigenvalue weighted by molar-refractivity contribution is -0.131. The van der Waals surface area contributed by atoms with Gasteiger partial charge in [-0.2, -0.15) is 0 Å². The molecule has 0 saturated carbocycles. The second-order valence-corrected chi connectivity index (χ2v) is 4.50. The van der Waals surface area contributed by atoms with Crippen molar-refractivity contribution >= 4 is 5.91 Å². The van der Waals surface area contributed by atoms with E-state index in [1.165, 1.54) is 0 Å². The number of methoxy groups -OCH3 is 1. The number of benzene rings is 1. The van der Waals surface area contributed by atoms with Crippen LogP contribution in [0.1, 0.15) is 30.9 Å². The van der Waals surface area contributed by atoms with Crippen LogP contribution >= 0.6 is 0 Å². The zero-order valence-corrected chi connectivity index (χ0v) is 10.6. The molecular formula is C15H19NO2. The minimum Gasteiger partial charge on any atom is -0.367 e. The van der Waals surface area contributed by atoms with E-state index in [1.807, 2.05) is 30.3 Å². The monoisotopic (exact) mass is 245 g/mol. The summed E-state index contributed by atoms with van der Waals surface area (Å²) in [6.07, 6.45) is 6.91. The molecule has 18 heavy (non-hydrogen) atoms. The molecule has 1 aliphatic rings. The lowest BCUT2D eigenvalue weighted by atomic mass is 10.0. The van der Waals surface area contributed by atoms with Crippen LogP contribution < -0.4 is 5.32 Å². The maximum Gasteiger partial charge on any atom is 0.254 e. The number of carbonyl (C=O) groups excluding carboxylic acids is 1. The maximum absolute atomic E-state index is 12.2. The van der Waals surface area contributed by atoms with E-state index in [0.29, 0.717) is 0 Å². The van der Waals surface area contributed by atoms with Gasteiger partial charge in [-0.1, -0.05) is 42.5 Å². The molecular weight excluding hydrogens is 226 g/mol. The molecule has 0 bridgehead atoms. The fourth-order valence-corrected chi connectivity index (χ4v) is 2.21. The number of hydrogen-bond acceptors (Lipinski definition) is 2. The predicted molar refractivity (Wildman–Crippen MR) is 71.1 cm³/mol. The van der Waals surface area contributed by atoms with Gasteiger partial charge in [-0.3, -0.25) is 4.79 Å². The third-order valence-electron chi connectivity index (χ3n) is 3.16. The number of hydrogen-bond donors (Lipinski definition) is 1. The molecule has 0 radical (unpaired) electrons. The van der Waals surface area contributed by atoms with Crippen LogP contribution in [-0.2, 0) is 9.53 Å². The molecule has 1 amide bonds. The molecule has 0 unspecified atom stereocenters. The van der Waals surface area contributed by atoms with Crippen LogP contribution in [0.5, 0.6) is 0 Å².